The Morgan fingerprint density at radius 1 is 0.812 bits per heavy atom. The fourth-order valence-corrected chi connectivity index (χ4v) is 4.87. The Labute approximate surface area is 190 Å². The zero-order valence-electron chi connectivity index (χ0n) is 18.9. The van der Waals surface area contributed by atoms with E-state index < -0.39 is 0 Å². The van der Waals surface area contributed by atoms with Crippen LogP contribution in [-0.4, -0.2) is 72.6 Å². The zero-order valence-corrected chi connectivity index (χ0v) is 18.9. The number of hydrogen-bond acceptors (Lipinski definition) is 4. The minimum Gasteiger partial charge on any atom is -0.450 e. The number of carbonyl (C=O) groups excluding carboxylic acids is 2. The van der Waals surface area contributed by atoms with Crippen molar-refractivity contribution < 1.29 is 14.3 Å². The van der Waals surface area contributed by atoms with Gasteiger partial charge >= 0.3 is 6.09 Å². The summed E-state index contributed by atoms with van der Waals surface area (Å²) < 4.78 is 5.09. The van der Waals surface area contributed by atoms with Gasteiger partial charge in [-0.3, -0.25) is 9.69 Å². The molecule has 0 atom stereocenters. The SMILES string of the molecule is CCOC(=O)N1CCC(C(=O)N2CCN(C(c3ccccc3)c3ccccc3)CC2)CC1. The molecule has 6 nitrogen and oxygen atoms in total. The Morgan fingerprint density at radius 3 is 1.84 bits per heavy atom. The first-order chi connectivity index (χ1) is 15.7. The maximum absolute atomic E-state index is 13.1. The van der Waals surface area contributed by atoms with E-state index in [-0.39, 0.29) is 24.0 Å². The monoisotopic (exact) mass is 435 g/mol. The number of piperazine rings is 1. The third kappa shape index (κ3) is 5.13. The molecular weight excluding hydrogens is 402 g/mol. The molecule has 2 amide bonds. The van der Waals surface area contributed by atoms with Crippen LogP contribution in [0.5, 0.6) is 0 Å². The van der Waals surface area contributed by atoms with Crippen molar-refractivity contribution in [1.82, 2.24) is 14.7 Å². The Hall–Kier alpha value is -2.86. The van der Waals surface area contributed by atoms with Gasteiger partial charge in [-0.2, -0.15) is 0 Å². The lowest BCUT2D eigenvalue weighted by Gasteiger charge is -2.41. The largest absolute Gasteiger partial charge is 0.450 e. The molecule has 2 fully saturated rings. The molecule has 0 aromatic heterocycles. The number of nitrogens with zero attached hydrogens (tertiary/aromatic N) is 3. The number of ether oxygens (including phenoxy) is 1. The second-order valence-corrected chi connectivity index (χ2v) is 8.55. The highest BCUT2D eigenvalue weighted by Gasteiger charge is 2.33. The van der Waals surface area contributed by atoms with Gasteiger partial charge in [0.15, 0.2) is 0 Å². The van der Waals surface area contributed by atoms with Crippen LogP contribution in [0.15, 0.2) is 60.7 Å². The Kier molecular flexibility index (Phi) is 7.43. The smallest absolute Gasteiger partial charge is 0.409 e. The van der Waals surface area contributed by atoms with Crippen LogP contribution in [0.25, 0.3) is 0 Å². The van der Waals surface area contributed by atoms with Crippen molar-refractivity contribution in [3.8, 4) is 0 Å². The molecule has 2 aliphatic rings. The molecule has 0 N–H and O–H groups in total. The zero-order chi connectivity index (χ0) is 22.3. The highest BCUT2D eigenvalue weighted by Crippen LogP contribution is 2.30. The van der Waals surface area contributed by atoms with Gasteiger partial charge in [-0.05, 0) is 30.9 Å². The summed E-state index contributed by atoms with van der Waals surface area (Å²) in [5.74, 6) is 0.246. The van der Waals surface area contributed by atoms with Crippen LogP contribution in [0.2, 0.25) is 0 Å². The van der Waals surface area contributed by atoms with Crippen molar-refractivity contribution in [2.24, 2.45) is 5.92 Å². The number of carbonyl (C=O) groups is 2. The lowest BCUT2D eigenvalue weighted by molar-refractivity contribution is -0.139. The molecule has 2 aromatic carbocycles. The van der Waals surface area contributed by atoms with Crippen molar-refractivity contribution in [2.45, 2.75) is 25.8 Å². The first-order valence-corrected chi connectivity index (χ1v) is 11.7. The van der Waals surface area contributed by atoms with E-state index >= 15 is 0 Å². The summed E-state index contributed by atoms with van der Waals surface area (Å²) in [5.41, 5.74) is 2.56. The van der Waals surface area contributed by atoms with Crippen molar-refractivity contribution in [3.05, 3.63) is 71.8 Å². The van der Waals surface area contributed by atoms with E-state index in [0.717, 1.165) is 26.2 Å². The normalized spacial score (nSPS) is 18.1. The molecular formula is C26H33N3O3. The first kappa shape index (κ1) is 22.3. The summed E-state index contributed by atoms with van der Waals surface area (Å²) in [4.78, 5) is 31.3. The van der Waals surface area contributed by atoms with Crippen molar-refractivity contribution >= 4 is 12.0 Å². The van der Waals surface area contributed by atoms with E-state index in [4.69, 9.17) is 4.74 Å². The van der Waals surface area contributed by atoms with Gasteiger partial charge in [-0.15, -0.1) is 0 Å². The Morgan fingerprint density at radius 2 is 1.34 bits per heavy atom. The third-order valence-electron chi connectivity index (χ3n) is 6.59. The topological polar surface area (TPSA) is 53.1 Å². The van der Waals surface area contributed by atoms with Crippen LogP contribution < -0.4 is 0 Å². The molecule has 0 radical (unpaired) electrons. The van der Waals surface area contributed by atoms with Gasteiger partial charge in [0.25, 0.3) is 0 Å². The molecule has 2 aliphatic heterocycles. The second-order valence-electron chi connectivity index (χ2n) is 8.55. The lowest BCUT2D eigenvalue weighted by Crippen LogP contribution is -2.52. The molecule has 4 rings (SSSR count). The number of piperidine rings is 1. The summed E-state index contributed by atoms with van der Waals surface area (Å²) in [6.45, 7) is 6.57. The molecule has 0 bridgehead atoms. The van der Waals surface area contributed by atoms with Gasteiger partial charge < -0.3 is 14.5 Å². The predicted octanol–water partition coefficient (Wildman–Crippen LogP) is 3.79. The molecule has 170 valence electrons. The minimum atomic E-state index is -0.264. The maximum atomic E-state index is 13.1. The molecule has 0 saturated carbocycles. The van der Waals surface area contributed by atoms with E-state index in [1.165, 1.54) is 11.1 Å². The van der Waals surface area contributed by atoms with Gasteiger partial charge in [-0.25, -0.2) is 4.79 Å². The molecule has 0 spiro atoms. The van der Waals surface area contributed by atoms with E-state index in [2.05, 4.69) is 65.6 Å². The summed E-state index contributed by atoms with van der Waals surface area (Å²) in [6, 6.07) is 21.4. The summed E-state index contributed by atoms with van der Waals surface area (Å²) in [7, 11) is 0. The van der Waals surface area contributed by atoms with Gasteiger partial charge in [0.2, 0.25) is 5.91 Å². The van der Waals surface area contributed by atoms with Gasteiger partial charge in [0.1, 0.15) is 0 Å². The Bertz CT molecular complexity index is 834. The van der Waals surface area contributed by atoms with Crippen LogP contribution in [0.1, 0.15) is 36.9 Å². The molecule has 32 heavy (non-hydrogen) atoms. The first-order valence-electron chi connectivity index (χ1n) is 11.7. The fraction of sp³-hybridized carbons (Fsp3) is 0.462. The van der Waals surface area contributed by atoms with E-state index in [1.807, 2.05) is 11.8 Å². The van der Waals surface area contributed by atoms with Crippen LogP contribution in [0.3, 0.4) is 0 Å². The lowest BCUT2D eigenvalue weighted by atomic mass is 9.94. The molecule has 6 heteroatoms. The Balaban J connectivity index is 1.36. The van der Waals surface area contributed by atoms with Crippen LogP contribution in [-0.2, 0) is 9.53 Å². The molecule has 0 aliphatic carbocycles. The van der Waals surface area contributed by atoms with Gasteiger partial charge in [0, 0.05) is 45.2 Å². The number of hydrogen-bond donors (Lipinski definition) is 0. The minimum absolute atomic E-state index is 0.00581. The number of likely N-dealkylation sites (tertiary alicyclic amines) is 1. The second kappa shape index (κ2) is 10.6. The third-order valence-corrected chi connectivity index (χ3v) is 6.59. The molecule has 2 aromatic rings. The molecule has 0 unspecified atom stereocenters. The standard InChI is InChI=1S/C26H33N3O3/c1-2-32-26(31)29-15-13-23(14-16-29)25(30)28-19-17-27(18-20-28)24(21-9-5-3-6-10-21)22-11-7-4-8-12-22/h3-12,23-24H,2,13-20H2,1H3. The summed E-state index contributed by atoms with van der Waals surface area (Å²) in [6.07, 6.45) is 1.17. The number of rotatable bonds is 5. The summed E-state index contributed by atoms with van der Waals surface area (Å²) in [5, 5.41) is 0. The van der Waals surface area contributed by atoms with E-state index in [0.29, 0.717) is 32.5 Å². The number of amides is 2. The van der Waals surface area contributed by atoms with Gasteiger partial charge in [0.05, 0.1) is 12.6 Å². The maximum Gasteiger partial charge on any atom is 0.409 e. The quantitative estimate of drug-likeness (QED) is 0.717. The van der Waals surface area contributed by atoms with E-state index in [9.17, 15) is 9.59 Å². The van der Waals surface area contributed by atoms with Crippen LogP contribution >= 0.6 is 0 Å². The highest BCUT2D eigenvalue weighted by atomic mass is 16.6. The van der Waals surface area contributed by atoms with E-state index in [1.54, 1.807) is 4.90 Å². The predicted molar refractivity (Wildman–Crippen MR) is 124 cm³/mol. The van der Waals surface area contributed by atoms with Gasteiger partial charge in [-0.1, -0.05) is 60.7 Å². The number of benzene rings is 2. The summed E-state index contributed by atoms with van der Waals surface area (Å²) >= 11 is 0. The fourth-order valence-electron chi connectivity index (χ4n) is 4.87. The highest BCUT2D eigenvalue weighted by molar-refractivity contribution is 5.79. The van der Waals surface area contributed by atoms with Crippen molar-refractivity contribution in [2.75, 3.05) is 45.9 Å². The van der Waals surface area contributed by atoms with Crippen LogP contribution in [0, 0.1) is 5.92 Å². The van der Waals surface area contributed by atoms with Crippen molar-refractivity contribution in [1.29, 1.82) is 0 Å². The average Bonchev–Trinajstić information content (AvgIpc) is 2.86. The molecule has 2 heterocycles. The average molecular weight is 436 g/mol. The van der Waals surface area contributed by atoms with Crippen LogP contribution in [0.4, 0.5) is 4.79 Å². The molecule has 2 saturated heterocycles. The van der Waals surface area contributed by atoms with Crippen molar-refractivity contribution in [3.63, 3.8) is 0 Å².